The minimum absolute atomic E-state index is 0.686. The smallest absolute Gasteiger partial charge is 0.169 e. The van der Waals surface area contributed by atoms with E-state index in [0.717, 1.165) is 5.11 Å². The molecule has 2 rings (SSSR count). The Morgan fingerprint density at radius 3 is 2.20 bits per heavy atom. The fraction of sp³-hybridized carbons (Fsp3) is 0.917. The predicted octanol–water partition coefficient (Wildman–Crippen LogP) is 2.68. The van der Waals surface area contributed by atoms with E-state index in [1.165, 1.54) is 51.4 Å². The van der Waals surface area contributed by atoms with Crippen molar-refractivity contribution in [2.24, 2.45) is 0 Å². The summed E-state index contributed by atoms with van der Waals surface area (Å²) in [6.45, 7) is 0. The van der Waals surface area contributed by atoms with Gasteiger partial charge in [-0.05, 0) is 37.9 Å². The zero-order valence-corrected chi connectivity index (χ0v) is 10.5. The molecular formula is C12H22N2S. The van der Waals surface area contributed by atoms with Crippen LogP contribution in [0.3, 0.4) is 0 Å². The highest BCUT2D eigenvalue weighted by Gasteiger charge is 2.25. The van der Waals surface area contributed by atoms with Gasteiger partial charge in [0.05, 0.1) is 0 Å². The number of rotatable bonds is 2. The molecule has 0 aromatic carbocycles. The number of nitrogens with one attached hydrogen (secondary N) is 1. The molecule has 0 aliphatic heterocycles. The van der Waals surface area contributed by atoms with Gasteiger partial charge in [0.2, 0.25) is 0 Å². The first-order valence-corrected chi connectivity index (χ1v) is 6.71. The Morgan fingerprint density at radius 2 is 1.67 bits per heavy atom. The molecule has 0 aromatic heterocycles. The molecule has 0 radical (unpaired) electrons. The van der Waals surface area contributed by atoms with E-state index in [2.05, 4.69) is 17.3 Å². The zero-order valence-electron chi connectivity index (χ0n) is 9.67. The normalized spacial score (nSPS) is 23.3. The molecule has 2 fully saturated rings. The molecule has 0 heterocycles. The molecule has 0 aromatic rings. The Morgan fingerprint density at radius 1 is 1.07 bits per heavy atom. The Bertz CT molecular complexity index is 218. The largest absolute Gasteiger partial charge is 0.360 e. The molecule has 0 unspecified atom stereocenters. The van der Waals surface area contributed by atoms with Crippen LogP contribution < -0.4 is 5.32 Å². The molecule has 1 N–H and O–H groups in total. The quantitative estimate of drug-likeness (QED) is 0.576. The lowest BCUT2D eigenvalue weighted by atomic mass is 10.1. The van der Waals surface area contributed by atoms with Crippen molar-refractivity contribution in [1.29, 1.82) is 0 Å². The van der Waals surface area contributed by atoms with Gasteiger partial charge >= 0.3 is 0 Å². The third-order valence-corrected chi connectivity index (χ3v) is 4.00. The van der Waals surface area contributed by atoms with Crippen molar-refractivity contribution in [2.75, 3.05) is 7.05 Å². The highest BCUT2D eigenvalue weighted by atomic mass is 32.1. The molecule has 0 saturated heterocycles. The molecule has 0 amide bonds. The van der Waals surface area contributed by atoms with E-state index in [-0.39, 0.29) is 0 Å². The monoisotopic (exact) mass is 226 g/mol. The van der Waals surface area contributed by atoms with Crippen LogP contribution in [-0.2, 0) is 0 Å². The standard InChI is InChI=1S/C12H22N2S/c1-14(12(15)13-10-8-9-10)11-6-4-2-3-5-7-11/h10-11H,2-9H2,1H3,(H,13,15). The van der Waals surface area contributed by atoms with Gasteiger partial charge in [0, 0.05) is 19.1 Å². The van der Waals surface area contributed by atoms with E-state index in [4.69, 9.17) is 12.2 Å². The molecule has 2 nitrogen and oxygen atoms in total. The van der Waals surface area contributed by atoms with Crippen LogP contribution in [0.15, 0.2) is 0 Å². The lowest BCUT2D eigenvalue weighted by Crippen LogP contribution is -2.44. The van der Waals surface area contributed by atoms with Gasteiger partial charge in [-0.25, -0.2) is 0 Å². The molecule has 0 spiro atoms. The molecular weight excluding hydrogens is 204 g/mol. The molecule has 3 heteroatoms. The second-order valence-electron chi connectivity index (χ2n) is 4.98. The lowest BCUT2D eigenvalue weighted by molar-refractivity contribution is 0.326. The first kappa shape index (κ1) is 11.2. The summed E-state index contributed by atoms with van der Waals surface area (Å²) < 4.78 is 0. The van der Waals surface area contributed by atoms with Crippen molar-refractivity contribution < 1.29 is 0 Å². The van der Waals surface area contributed by atoms with E-state index in [9.17, 15) is 0 Å². The SMILES string of the molecule is CN(C(=S)NC1CC1)C1CCCCCC1. The summed E-state index contributed by atoms with van der Waals surface area (Å²) >= 11 is 5.43. The summed E-state index contributed by atoms with van der Waals surface area (Å²) in [6.07, 6.45) is 10.8. The van der Waals surface area contributed by atoms with Crippen molar-refractivity contribution in [1.82, 2.24) is 10.2 Å². The van der Waals surface area contributed by atoms with Gasteiger partial charge in [0.1, 0.15) is 0 Å². The predicted molar refractivity (Wildman–Crippen MR) is 68.0 cm³/mol. The van der Waals surface area contributed by atoms with E-state index in [0.29, 0.717) is 12.1 Å². The first-order valence-electron chi connectivity index (χ1n) is 6.30. The fourth-order valence-corrected chi connectivity index (χ4v) is 2.63. The minimum atomic E-state index is 0.686. The molecule has 86 valence electrons. The van der Waals surface area contributed by atoms with Crippen LogP contribution in [0.2, 0.25) is 0 Å². The van der Waals surface area contributed by atoms with E-state index in [1.54, 1.807) is 0 Å². The van der Waals surface area contributed by atoms with Crippen LogP contribution in [0.5, 0.6) is 0 Å². The van der Waals surface area contributed by atoms with Crippen molar-refractivity contribution in [3.05, 3.63) is 0 Å². The van der Waals surface area contributed by atoms with Gasteiger partial charge in [0.25, 0.3) is 0 Å². The summed E-state index contributed by atoms with van der Waals surface area (Å²) in [5, 5.41) is 4.40. The highest BCUT2D eigenvalue weighted by molar-refractivity contribution is 7.80. The number of hydrogen-bond acceptors (Lipinski definition) is 1. The average Bonchev–Trinajstić information content (AvgIpc) is 3.01. The first-order chi connectivity index (χ1) is 7.27. The third kappa shape index (κ3) is 3.33. The second-order valence-corrected chi connectivity index (χ2v) is 5.37. The summed E-state index contributed by atoms with van der Waals surface area (Å²) in [4.78, 5) is 2.30. The Kier molecular flexibility index (Phi) is 3.84. The van der Waals surface area contributed by atoms with Gasteiger partial charge in [-0.3, -0.25) is 0 Å². The van der Waals surface area contributed by atoms with Crippen LogP contribution in [0.4, 0.5) is 0 Å². The van der Waals surface area contributed by atoms with Gasteiger partial charge in [-0.2, -0.15) is 0 Å². The molecule has 0 atom stereocenters. The van der Waals surface area contributed by atoms with E-state index >= 15 is 0 Å². The summed E-state index contributed by atoms with van der Waals surface area (Å²) in [6, 6.07) is 1.37. The molecule has 2 aliphatic carbocycles. The van der Waals surface area contributed by atoms with Crippen LogP contribution in [0.1, 0.15) is 51.4 Å². The van der Waals surface area contributed by atoms with Crippen LogP contribution in [-0.4, -0.2) is 29.1 Å². The zero-order chi connectivity index (χ0) is 10.7. The van der Waals surface area contributed by atoms with Gasteiger partial charge in [0.15, 0.2) is 5.11 Å². The van der Waals surface area contributed by atoms with Crippen LogP contribution in [0, 0.1) is 0 Å². The van der Waals surface area contributed by atoms with Crippen molar-refractivity contribution >= 4 is 17.3 Å². The van der Waals surface area contributed by atoms with Gasteiger partial charge < -0.3 is 10.2 Å². The van der Waals surface area contributed by atoms with Gasteiger partial charge in [-0.1, -0.05) is 25.7 Å². The Labute approximate surface area is 98.4 Å². The van der Waals surface area contributed by atoms with Crippen LogP contribution in [0.25, 0.3) is 0 Å². The number of nitrogens with zero attached hydrogens (tertiary/aromatic N) is 1. The Hall–Kier alpha value is -0.310. The second kappa shape index (κ2) is 5.15. The maximum Gasteiger partial charge on any atom is 0.169 e. The molecule has 15 heavy (non-hydrogen) atoms. The Balaban J connectivity index is 1.80. The van der Waals surface area contributed by atoms with E-state index in [1.807, 2.05) is 0 Å². The van der Waals surface area contributed by atoms with Crippen molar-refractivity contribution in [3.8, 4) is 0 Å². The summed E-state index contributed by atoms with van der Waals surface area (Å²) in [5.74, 6) is 0. The highest BCUT2D eigenvalue weighted by Crippen LogP contribution is 2.23. The topological polar surface area (TPSA) is 15.3 Å². The van der Waals surface area contributed by atoms with E-state index < -0.39 is 0 Å². The van der Waals surface area contributed by atoms with Crippen molar-refractivity contribution in [3.63, 3.8) is 0 Å². The third-order valence-electron chi connectivity index (χ3n) is 3.60. The minimum Gasteiger partial charge on any atom is -0.360 e. The molecule has 2 aliphatic rings. The summed E-state index contributed by atoms with van der Waals surface area (Å²) in [7, 11) is 2.16. The number of hydrogen-bond donors (Lipinski definition) is 1. The maximum absolute atomic E-state index is 5.43. The summed E-state index contributed by atoms with van der Waals surface area (Å²) in [5.41, 5.74) is 0. The fourth-order valence-electron chi connectivity index (χ4n) is 2.32. The van der Waals surface area contributed by atoms with Crippen molar-refractivity contribution in [2.45, 2.75) is 63.5 Å². The number of thiocarbonyl (C=S) groups is 1. The average molecular weight is 226 g/mol. The van der Waals surface area contributed by atoms with Crippen LogP contribution >= 0.6 is 12.2 Å². The molecule has 0 bridgehead atoms. The lowest BCUT2D eigenvalue weighted by Gasteiger charge is -2.29. The molecule has 2 saturated carbocycles. The van der Waals surface area contributed by atoms with Gasteiger partial charge in [-0.15, -0.1) is 0 Å². The maximum atomic E-state index is 5.43.